The Labute approximate surface area is 330 Å². The van der Waals surface area contributed by atoms with E-state index in [9.17, 15) is 0 Å². The third-order valence-electron chi connectivity index (χ3n) is 9.52. The van der Waals surface area contributed by atoms with Crippen LogP contribution < -0.4 is 9.47 Å². The highest BCUT2D eigenvalue weighted by atomic mass is 16.5. The van der Waals surface area contributed by atoms with Crippen molar-refractivity contribution in [2.45, 2.75) is 40.9 Å². The molecule has 7 rings (SSSR count). The maximum absolute atomic E-state index is 6.43. The van der Waals surface area contributed by atoms with Gasteiger partial charge < -0.3 is 9.47 Å². The van der Waals surface area contributed by atoms with E-state index in [0.717, 1.165) is 89.7 Å². The van der Waals surface area contributed by atoms with Crippen LogP contribution in [0.2, 0.25) is 0 Å². The van der Waals surface area contributed by atoms with Crippen LogP contribution in [0.3, 0.4) is 0 Å². The summed E-state index contributed by atoms with van der Waals surface area (Å²) in [7, 11) is 0. The smallest absolute Gasteiger partial charge is 0.125 e. The Morgan fingerprint density at radius 2 is 0.696 bits per heavy atom. The first-order chi connectivity index (χ1) is 27.4. The average Bonchev–Trinajstić information content (AvgIpc) is 3.22. The molecular weight excluding hydrogens is 685 g/mol. The van der Waals surface area contributed by atoms with Gasteiger partial charge in [-0.2, -0.15) is 0 Å². The van der Waals surface area contributed by atoms with Crippen LogP contribution in [0.15, 0.2) is 180 Å². The van der Waals surface area contributed by atoms with Crippen molar-refractivity contribution < 1.29 is 9.47 Å². The predicted octanol–water partition coefficient (Wildman–Crippen LogP) is 12.9. The molecule has 7 aromatic carbocycles. The predicted molar refractivity (Wildman–Crippen MR) is 232 cm³/mol. The number of rotatable bonds is 12. The summed E-state index contributed by atoms with van der Waals surface area (Å²) in [6.45, 7) is 9.30. The second-order valence-corrected chi connectivity index (χ2v) is 13.9. The minimum Gasteiger partial charge on any atom is -0.488 e. The number of para-hydroxylation sites is 2. The van der Waals surface area contributed by atoms with Gasteiger partial charge in [-0.15, -0.1) is 0 Å². The van der Waals surface area contributed by atoms with Crippen LogP contribution in [-0.2, 0) is 13.2 Å². The fourth-order valence-electron chi connectivity index (χ4n) is 6.73. The van der Waals surface area contributed by atoms with Gasteiger partial charge >= 0.3 is 0 Å². The minimum absolute atomic E-state index is 0.462. The van der Waals surface area contributed by atoms with Crippen molar-refractivity contribution in [2.24, 2.45) is 9.98 Å². The molecule has 56 heavy (non-hydrogen) atoms. The molecule has 0 spiro atoms. The fraction of sp³-hybridized carbons (Fsp3) is 0.115. The van der Waals surface area contributed by atoms with Crippen LogP contribution in [0.5, 0.6) is 11.5 Å². The zero-order chi connectivity index (χ0) is 38.7. The van der Waals surface area contributed by atoms with E-state index < -0.39 is 0 Å². The van der Waals surface area contributed by atoms with Gasteiger partial charge in [-0.05, 0) is 144 Å². The highest BCUT2D eigenvalue weighted by molar-refractivity contribution is 6.00. The summed E-state index contributed by atoms with van der Waals surface area (Å²) in [6, 6.07) is 57.5. The maximum Gasteiger partial charge on any atom is 0.125 e. The zero-order valence-electron chi connectivity index (χ0n) is 32.3. The van der Waals surface area contributed by atoms with Crippen molar-refractivity contribution in [3.63, 3.8) is 0 Å². The fourth-order valence-corrected chi connectivity index (χ4v) is 6.73. The number of aliphatic imine (C=N–C) groups is 2. The van der Waals surface area contributed by atoms with Gasteiger partial charge in [0, 0.05) is 0 Å². The molecule has 0 unspecified atom stereocenters. The SMILES string of the molecule is Cc1cc(C(=C=Nc2ccccc2)c2ccccc2)cc(C)c1OCc1ccc(COc2c(C)cc(C(=C=Nc3ccccc3)c3ccccc3)cc2C)cc1. The van der Waals surface area contributed by atoms with Crippen LogP contribution in [0, 0.1) is 27.7 Å². The first kappa shape index (κ1) is 37.4. The van der Waals surface area contributed by atoms with Gasteiger partial charge in [-0.25, -0.2) is 9.98 Å². The van der Waals surface area contributed by atoms with Crippen molar-refractivity contribution in [1.29, 1.82) is 0 Å². The van der Waals surface area contributed by atoms with Crippen LogP contribution in [-0.4, -0.2) is 11.7 Å². The van der Waals surface area contributed by atoms with Crippen LogP contribution in [0.4, 0.5) is 11.4 Å². The van der Waals surface area contributed by atoms with E-state index in [1.54, 1.807) is 0 Å². The Balaban J connectivity index is 1.03. The summed E-state index contributed by atoms with van der Waals surface area (Å²) in [4.78, 5) is 9.33. The average molecular weight is 729 g/mol. The highest BCUT2D eigenvalue weighted by Crippen LogP contribution is 2.33. The van der Waals surface area contributed by atoms with Gasteiger partial charge in [0.1, 0.15) is 24.7 Å². The molecule has 0 N–H and O–H groups in total. The quantitative estimate of drug-likeness (QED) is 0.118. The number of ether oxygens (including phenoxy) is 2. The third kappa shape index (κ3) is 9.39. The van der Waals surface area contributed by atoms with Crippen molar-refractivity contribution >= 4 is 34.3 Å². The molecule has 0 atom stereocenters. The van der Waals surface area contributed by atoms with Crippen LogP contribution >= 0.6 is 0 Å². The number of benzene rings is 7. The lowest BCUT2D eigenvalue weighted by Crippen LogP contribution is -2.02. The van der Waals surface area contributed by atoms with Gasteiger partial charge in [0.05, 0.1) is 22.5 Å². The maximum atomic E-state index is 6.43. The molecule has 0 heterocycles. The van der Waals surface area contributed by atoms with Gasteiger partial charge in [0.2, 0.25) is 0 Å². The van der Waals surface area contributed by atoms with E-state index in [1.807, 2.05) is 97.1 Å². The van der Waals surface area contributed by atoms with Crippen LogP contribution in [0.25, 0.3) is 11.1 Å². The lowest BCUT2D eigenvalue weighted by Gasteiger charge is -2.16. The van der Waals surface area contributed by atoms with E-state index in [-0.39, 0.29) is 0 Å². The van der Waals surface area contributed by atoms with Gasteiger partial charge in [-0.3, -0.25) is 0 Å². The number of hydrogen-bond acceptors (Lipinski definition) is 4. The summed E-state index contributed by atoms with van der Waals surface area (Å²) >= 11 is 0. The van der Waals surface area contributed by atoms with E-state index in [2.05, 4.69) is 122 Å². The van der Waals surface area contributed by atoms with Crippen molar-refractivity contribution in [3.05, 3.63) is 225 Å². The summed E-state index contributed by atoms with van der Waals surface area (Å²) in [5.41, 5.74) is 14.2. The topological polar surface area (TPSA) is 43.2 Å². The molecule has 274 valence electrons. The second-order valence-electron chi connectivity index (χ2n) is 13.9. The van der Waals surface area contributed by atoms with Crippen molar-refractivity contribution in [2.75, 3.05) is 0 Å². The lowest BCUT2D eigenvalue weighted by atomic mass is 9.95. The molecule has 4 heteroatoms. The van der Waals surface area contributed by atoms with E-state index >= 15 is 0 Å². The standard InChI is InChI=1S/C52H44N2O2/c1-37-29-45(49(43-17-9-5-10-18-43)33-53-47-21-13-7-14-22-47)30-38(2)51(37)55-35-41-25-27-42(28-26-41)36-56-52-39(3)31-46(32-40(52)4)50(44-19-11-6-12-20-44)34-54-48-23-15-8-16-24-48/h5-32H,35-36H2,1-4H3. The first-order valence-electron chi connectivity index (χ1n) is 18.9. The largest absolute Gasteiger partial charge is 0.488 e. The van der Waals surface area contributed by atoms with Crippen molar-refractivity contribution in [3.8, 4) is 11.5 Å². The minimum atomic E-state index is 0.462. The number of aryl methyl sites for hydroxylation is 4. The van der Waals surface area contributed by atoms with E-state index in [4.69, 9.17) is 9.47 Å². The third-order valence-corrected chi connectivity index (χ3v) is 9.52. The second kappa shape index (κ2) is 17.9. The first-order valence-corrected chi connectivity index (χ1v) is 18.9. The van der Waals surface area contributed by atoms with E-state index in [0.29, 0.717) is 13.2 Å². The molecule has 0 aromatic heterocycles. The lowest BCUT2D eigenvalue weighted by molar-refractivity contribution is 0.298. The number of nitrogens with zero attached hydrogens (tertiary/aromatic N) is 2. The number of hydrogen-bond donors (Lipinski definition) is 0. The molecule has 0 amide bonds. The Hall–Kier alpha value is -6.96. The summed E-state index contributed by atoms with van der Waals surface area (Å²) in [5.74, 6) is 8.45. The summed E-state index contributed by atoms with van der Waals surface area (Å²) < 4.78 is 12.9. The molecular formula is C52H44N2O2. The Bertz CT molecular complexity index is 2320. The van der Waals surface area contributed by atoms with Crippen LogP contribution in [0.1, 0.15) is 55.6 Å². The zero-order valence-corrected chi connectivity index (χ0v) is 32.3. The molecule has 0 fully saturated rings. The molecule has 7 aromatic rings. The molecule has 0 saturated carbocycles. The molecule has 0 aliphatic rings. The summed E-state index contributed by atoms with van der Waals surface area (Å²) in [5, 5.41) is 0. The van der Waals surface area contributed by atoms with Crippen molar-refractivity contribution in [1.82, 2.24) is 0 Å². The molecule has 4 nitrogen and oxygen atoms in total. The molecule has 0 bridgehead atoms. The summed E-state index contributed by atoms with van der Waals surface area (Å²) in [6.07, 6.45) is 0. The Morgan fingerprint density at radius 3 is 1.02 bits per heavy atom. The normalized spacial score (nSPS) is 10.5. The van der Waals surface area contributed by atoms with Gasteiger partial charge in [-0.1, -0.05) is 121 Å². The molecule has 0 radical (unpaired) electrons. The molecule has 0 saturated heterocycles. The molecule has 0 aliphatic heterocycles. The Morgan fingerprint density at radius 1 is 0.393 bits per heavy atom. The Kier molecular flexibility index (Phi) is 11.9. The monoisotopic (exact) mass is 728 g/mol. The van der Waals surface area contributed by atoms with E-state index in [1.165, 1.54) is 0 Å². The molecule has 0 aliphatic carbocycles. The van der Waals surface area contributed by atoms with Gasteiger partial charge in [0.15, 0.2) is 0 Å². The highest BCUT2D eigenvalue weighted by Gasteiger charge is 2.14. The van der Waals surface area contributed by atoms with Gasteiger partial charge in [0.25, 0.3) is 0 Å².